The molecule has 0 spiro atoms. The van der Waals surface area contributed by atoms with E-state index in [1.807, 2.05) is 0 Å². The highest BCUT2D eigenvalue weighted by atomic mass is 16.5. The SMILES string of the molecule is CCCNC1C(CN(CC)CC)C(C)(C)OC1(C)C. The summed E-state index contributed by atoms with van der Waals surface area (Å²) in [7, 11) is 0. The molecule has 1 saturated heterocycles. The summed E-state index contributed by atoms with van der Waals surface area (Å²) in [5, 5.41) is 3.73. The van der Waals surface area contributed by atoms with Crippen molar-refractivity contribution in [2.45, 2.75) is 72.1 Å². The molecule has 1 N–H and O–H groups in total. The van der Waals surface area contributed by atoms with Crippen molar-refractivity contribution in [3.8, 4) is 0 Å². The van der Waals surface area contributed by atoms with Crippen LogP contribution in [0.3, 0.4) is 0 Å². The highest BCUT2D eigenvalue weighted by molar-refractivity contribution is 5.06. The monoisotopic (exact) mass is 270 g/mol. The van der Waals surface area contributed by atoms with E-state index >= 15 is 0 Å². The van der Waals surface area contributed by atoms with Crippen LogP contribution in [0.4, 0.5) is 0 Å². The number of hydrogen-bond donors (Lipinski definition) is 1. The molecular weight excluding hydrogens is 236 g/mol. The Morgan fingerprint density at radius 3 is 2.05 bits per heavy atom. The van der Waals surface area contributed by atoms with Crippen LogP contribution in [0, 0.1) is 5.92 Å². The van der Waals surface area contributed by atoms with Crippen molar-refractivity contribution in [1.82, 2.24) is 10.2 Å². The van der Waals surface area contributed by atoms with Crippen molar-refractivity contribution in [2.24, 2.45) is 5.92 Å². The second-order valence-corrected chi connectivity index (χ2v) is 6.83. The third kappa shape index (κ3) is 3.93. The maximum atomic E-state index is 6.36. The third-order valence-corrected chi connectivity index (χ3v) is 4.53. The zero-order valence-electron chi connectivity index (χ0n) is 14.0. The van der Waals surface area contributed by atoms with Gasteiger partial charge in [0.1, 0.15) is 0 Å². The smallest absolute Gasteiger partial charge is 0.0790 e. The molecule has 1 heterocycles. The lowest BCUT2D eigenvalue weighted by Crippen LogP contribution is -2.51. The van der Waals surface area contributed by atoms with Crippen molar-refractivity contribution >= 4 is 0 Å². The van der Waals surface area contributed by atoms with Gasteiger partial charge in [0.25, 0.3) is 0 Å². The largest absolute Gasteiger partial charge is 0.368 e. The van der Waals surface area contributed by atoms with Gasteiger partial charge in [0.15, 0.2) is 0 Å². The molecule has 0 saturated carbocycles. The molecule has 0 bridgehead atoms. The van der Waals surface area contributed by atoms with Gasteiger partial charge in [0.05, 0.1) is 11.2 Å². The molecule has 0 aromatic heterocycles. The molecule has 114 valence electrons. The van der Waals surface area contributed by atoms with Gasteiger partial charge in [-0.2, -0.15) is 0 Å². The Morgan fingerprint density at radius 2 is 1.58 bits per heavy atom. The van der Waals surface area contributed by atoms with Crippen molar-refractivity contribution < 1.29 is 4.74 Å². The van der Waals surface area contributed by atoms with Crippen molar-refractivity contribution in [1.29, 1.82) is 0 Å². The molecular formula is C16H34N2O. The molecule has 1 aliphatic rings. The van der Waals surface area contributed by atoms with Gasteiger partial charge < -0.3 is 15.0 Å². The fourth-order valence-corrected chi connectivity index (χ4v) is 3.48. The van der Waals surface area contributed by atoms with Gasteiger partial charge in [0.2, 0.25) is 0 Å². The van der Waals surface area contributed by atoms with E-state index in [1.165, 1.54) is 6.42 Å². The molecule has 3 nitrogen and oxygen atoms in total. The van der Waals surface area contributed by atoms with Crippen LogP contribution in [-0.2, 0) is 4.74 Å². The van der Waals surface area contributed by atoms with Crippen LogP contribution >= 0.6 is 0 Å². The maximum absolute atomic E-state index is 6.36. The highest BCUT2D eigenvalue weighted by Gasteiger charge is 2.53. The summed E-state index contributed by atoms with van der Waals surface area (Å²) in [5.74, 6) is 0.536. The summed E-state index contributed by atoms with van der Waals surface area (Å²) in [4.78, 5) is 2.51. The zero-order valence-corrected chi connectivity index (χ0v) is 14.0. The van der Waals surface area contributed by atoms with Gasteiger partial charge in [-0.3, -0.25) is 0 Å². The van der Waals surface area contributed by atoms with Gasteiger partial charge in [-0.25, -0.2) is 0 Å². The second-order valence-electron chi connectivity index (χ2n) is 6.83. The maximum Gasteiger partial charge on any atom is 0.0790 e. The number of ether oxygens (including phenoxy) is 1. The standard InChI is InChI=1S/C16H34N2O/c1-8-11-17-14-13(12-18(9-2)10-3)15(4,5)19-16(14,6)7/h13-14,17H,8-12H2,1-7H3. The zero-order chi connectivity index (χ0) is 14.7. The average Bonchev–Trinajstić information content (AvgIpc) is 2.48. The minimum atomic E-state index is -0.0868. The van der Waals surface area contributed by atoms with Crippen molar-refractivity contribution in [3.05, 3.63) is 0 Å². The molecule has 0 aromatic carbocycles. The van der Waals surface area contributed by atoms with Gasteiger partial charge in [-0.1, -0.05) is 20.8 Å². The predicted octanol–water partition coefficient (Wildman–Crippen LogP) is 2.90. The minimum absolute atomic E-state index is 0.0580. The van der Waals surface area contributed by atoms with Gasteiger partial charge in [0, 0.05) is 18.5 Å². The topological polar surface area (TPSA) is 24.5 Å². The number of nitrogens with zero attached hydrogens (tertiary/aromatic N) is 1. The summed E-state index contributed by atoms with van der Waals surface area (Å²) in [5.41, 5.74) is -0.145. The first-order chi connectivity index (χ1) is 8.78. The first kappa shape index (κ1) is 16.9. The van der Waals surface area contributed by atoms with Crippen LogP contribution in [0.15, 0.2) is 0 Å². The average molecular weight is 270 g/mol. The minimum Gasteiger partial charge on any atom is -0.368 e. The van der Waals surface area contributed by atoms with E-state index in [1.54, 1.807) is 0 Å². The summed E-state index contributed by atoms with van der Waals surface area (Å²) in [6.45, 7) is 20.1. The van der Waals surface area contributed by atoms with Crippen molar-refractivity contribution in [2.75, 3.05) is 26.2 Å². The van der Waals surface area contributed by atoms with E-state index in [0.717, 1.165) is 26.2 Å². The Kier molecular flexibility index (Phi) is 5.84. The lowest BCUT2D eigenvalue weighted by atomic mass is 9.82. The lowest BCUT2D eigenvalue weighted by molar-refractivity contribution is -0.0794. The fourth-order valence-electron chi connectivity index (χ4n) is 3.48. The molecule has 0 aromatic rings. The van der Waals surface area contributed by atoms with Gasteiger partial charge in [-0.15, -0.1) is 0 Å². The molecule has 19 heavy (non-hydrogen) atoms. The van der Waals surface area contributed by atoms with Crippen LogP contribution in [0.2, 0.25) is 0 Å². The molecule has 0 amide bonds. The first-order valence-electron chi connectivity index (χ1n) is 7.94. The summed E-state index contributed by atoms with van der Waals surface area (Å²) >= 11 is 0. The van der Waals surface area contributed by atoms with E-state index in [4.69, 9.17) is 4.74 Å². The predicted molar refractivity (Wildman–Crippen MR) is 82.6 cm³/mol. The Morgan fingerprint density at radius 1 is 1.00 bits per heavy atom. The molecule has 2 unspecified atom stereocenters. The lowest BCUT2D eigenvalue weighted by Gasteiger charge is -2.34. The van der Waals surface area contributed by atoms with Gasteiger partial charge in [-0.05, 0) is 53.8 Å². The number of nitrogens with one attached hydrogen (secondary N) is 1. The molecule has 3 heteroatoms. The van der Waals surface area contributed by atoms with Gasteiger partial charge >= 0.3 is 0 Å². The van der Waals surface area contributed by atoms with Crippen LogP contribution < -0.4 is 5.32 Å². The number of rotatable bonds is 7. The van der Waals surface area contributed by atoms with E-state index in [-0.39, 0.29) is 11.2 Å². The van der Waals surface area contributed by atoms with Crippen LogP contribution in [0.1, 0.15) is 54.9 Å². The van der Waals surface area contributed by atoms with Crippen LogP contribution in [0.25, 0.3) is 0 Å². The number of hydrogen-bond acceptors (Lipinski definition) is 3. The quantitative estimate of drug-likeness (QED) is 0.770. The molecule has 1 fully saturated rings. The van der Waals surface area contributed by atoms with Crippen LogP contribution in [0.5, 0.6) is 0 Å². The molecule has 0 aliphatic carbocycles. The first-order valence-corrected chi connectivity index (χ1v) is 7.94. The second kappa shape index (κ2) is 6.55. The van der Waals surface area contributed by atoms with Crippen molar-refractivity contribution in [3.63, 3.8) is 0 Å². The van der Waals surface area contributed by atoms with E-state index in [2.05, 4.69) is 58.7 Å². The van der Waals surface area contributed by atoms with Crippen LogP contribution in [-0.4, -0.2) is 48.3 Å². The molecule has 0 radical (unpaired) electrons. The van der Waals surface area contributed by atoms with E-state index < -0.39 is 0 Å². The third-order valence-electron chi connectivity index (χ3n) is 4.53. The summed E-state index contributed by atoms with van der Waals surface area (Å²) in [6, 6.07) is 0.433. The normalized spacial score (nSPS) is 29.1. The highest BCUT2D eigenvalue weighted by Crippen LogP contribution is 2.42. The van der Waals surface area contributed by atoms with E-state index in [9.17, 15) is 0 Å². The molecule has 1 rings (SSSR count). The summed E-state index contributed by atoms with van der Waals surface area (Å²) < 4.78 is 6.36. The summed E-state index contributed by atoms with van der Waals surface area (Å²) in [6.07, 6.45) is 1.17. The molecule has 1 aliphatic heterocycles. The van der Waals surface area contributed by atoms with E-state index in [0.29, 0.717) is 12.0 Å². The Hall–Kier alpha value is -0.120. The fraction of sp³-hybridized carbons (Fsp3) is 1.00. The Balaban J connectivity index is 2.86. The Labute approximate surface area is 120 Å². The molecule has 2 atom stereocenters. The Bertz CT molecular complexity index is 272.